The van der Waals surface area contributed by atoms with Crippen molar-refractivity contribution in [3.8, 4) is 0 Å². The fraction of sp³-hybridized carbons (Fsp3) is 0.300. The van der Waals surface area contributed by atoms with Crippen molar-refractivity contribution in [1.29, 1.82) is 0 Å². The molecule has 0 saturated heterocycles. The van der Waals surface area contributed by atoms with Crippen molar-refractivity contribution in [3.05, 3.63) is 32.8 Å². The quantitative estimate of drug-likeness (QED) is 0.582. The standard InChI is InChI=1S/C10H12BrN3O4/c1-6(5-15)12-10(16)13-7-2-3-8(11)9(4-7)14(17)18/h2-4,6,15H,5H2,1H3,(H2,12,13,16). The number of nitro groups is 1. The van der Waals surface area contributed by atoms with Gasteiger partial charge < -0.3 is 15.7 Å². The highest BCUT2D eigenvalue weighted by molar-refractivity contribution is 9.10. The highest BCUT2D eigenvalue weighted by Gasteiger charge is 2.13. The normalized spacial score (nSPS) is 11.7. The topological polar surface area (TPSA) is 104 Å². The largest absolute Gasteiger partial charge is 0.394 e. The van der Waals surface area contributed by atoms with Gasteiger partial charge in [-0.15, -0.1) is 0 Å². The van der Waals surface area contributed by atoms with Gasteiger partial charge in [0.05, 0.1) is 22.0 Å². The van der Waals surface area contributed by atoms with E-state index in [0.717, 1.165) is 0 Å². The summed E-state index contributed by atoms with van der Waals surface area (Å²) in [6, 6.07) is 3.32. The van der Waals surface area contributed by atoms with Crippen LogP contribution < -0.4 is 10.6 Å². The molecule has 0 aliphatic rings. The van der Waals surface area contributed by atoms with E-state index in [9.17, 15) is 14.9 Å². The van der Waals surface area contributed by atoms with E-state index < -0.39 is 17.0 Å². The Bertz CT molecular complexity index is 466. The van der Waals surface area contributed by atoms with Crippen LogP contribution >= 0.6 is 15.9 Å². The molecule has 1 unspecified atom stereocenters. The molecule has 0 spiro atoms. The third-order valence-electron chi connectivity index (χ3n) is 2.05. The van der Waals surface area contributed by atoms with Crippen LogP contribution in [0.15, 0.2) is 22.7 Å². The first-order valence-electron chi connectivity index (χ1n) is 5.06. The van der Waals surface area contributed by atoms with Crippen LogP contribution in [-0.2, 0) is 0 Å². The molecule has 0 aliphatic carbocycles. The van der Waals surface area contributed by atoms with E-state index in [1.807, 2.05) is 0 Å². The van der Waals surface area contributed by atoms with Gasteiger partial charge in [0, 0.05) is 11.8 Å². The molecule has 7 nitrogen and oxygen atoms in total. The molecule has 0 aliphatic heterocycles. The average Bonchev–Trinajstić information content (AvgIpc) is 2.31. The molecular formula is C10H12BrN3O4. The van der Waals surface area contributed by atoms with Crippen molar-refractivity contribution < 1.29 is 14.8 Å². The number of nitro benzene ring substituents is 1. The first-order valence-corrected chi connectivity index (χ1v) is 5.85. The summed E-state index contributed by atoms with van der Waals surface area (Å²) < 4.78 is 0.335. The number of hydrogen-bond donors (Lipinski definition) is 3. The van der Waals surface area contributed by atoms with Crippen molar-refractivity contribution in [3.63, 3.8) is 0 Å². The number of nitrogens with zero attached hydrogens (tertiary/aromatic N) is 1. The van der Waals surface area contributed by atoms with Crippen molar-refractivity contribution in [2.24, 2.45) is 0 Å². The van der Waals surface area contributed by atoms with Crippen LogP contribution in [0.2, 0.25) is 0 Å². The number of aliphatic hydroxyl groups is 1. The zero-order chi connectivity index (χ0) is 13.7. The summed E-state index contributed by atoms with van der Waals surface area (Å²) in [6.07, 6.45) is 0. The van der Waals surface area contributed by atoms with Gasteiger partial charge in [-0.05, 0) is 35.0 Å². The van der Waals surface area contributed by atoms with Gasteiger partial charge in [0.2, 0.25) is 0 Å². The maximum absolute atomic E-state index is 11.4. The number of carbonyl (C=O) groups excluding carboxylic acids is 1. The van der Waals surface area contributed by atoms with Crippen molar-refractivity contribution in [2.75, 3.05) is 11.9 Å². The van der Waals surface area contributed by atoms with Crippen LogP contribution in [0.5, 0.6) is 0 Å². The molecule has 0 radical (unpaired) electrons. The lowest BCUT2D eigenvalue weighted by atomic mass is 10.3. The molecule has 2 amide bonds. The Kier molecular flexibility index (Phi) is 5.05. The summed E-state index contributed by atoms with van der Waals surface area (Å²) in [5, 5.41) is 24.4. The van der Waals surface area contributed by atoms with E-state index in [1.54, 1.807) is 6.92 Å². The van der Waals surface area contributed by atoms with Gasteiger partial charge in [-0.1, -0.05) is 0 Å². The van der Waals surface area contributed by atoms with Gasteiger partial charge in [-0.3, -0.25) is 10.1 Å². The van der Waals surface area contributed by atoms with E-state index in [0.29, 0.717) is 10.2 Å². The van der Waals surface area contributed by atoms with Crippen molar-refractivity contribution >= 4 is 33.3 Å². The summed E-state index contributed by atoms with van der Waals surface area (Å²) in [5.41, 5.74) is 0.163. The number of urea groups is 1. The Morgan fingerprint density at radius 2 is 2.28 bits per heavy atom. The van der Waals surface area contributed by atoms with Crippen LogP contribution in [0, 0.1) is 10.1 Å². The van der Waals surface area contributed by atoms with E-state index in [2.05, 4.69) is 26.6 Å². The van der Waals surface area contributed by atoms with Gasteiger partial charge in [-0.2, -0.15) is 0 Å². The zero-order valence-electron chi connectivity index (χ0n) is 9.51. The fourth-order valence-corrected chi connectivity index (χ4v) is 1.56. The highest BCUT2D eigenvalue weighted by Crippen LogP contribution is 2.27. The minimum absolute atomic E-state index is 0.136. The van der Waals surface area contributed by atoms with Crippen LogP contribution in [0.4, 0.5) is 16.2 Å². The van der Waals surface area contributed by atoms with Crippen molar-refractivity contribution in [1.82, 2.24) is 5.32 Å². The molecule has 3 N–H and O–H groups in total. The lowest BCUT2D eigenvalue weighted by Crippen LogP contribution is -2.38. The number of rotatable bonds is 4. The Labute approximate surface area is 111 Å². The van der Waals surface area contributed by atoms with E-state index in [4.69, 9.17) is 5.11 Å². The number of benzene rings is 1. The molecule has 1 atom stereocenters. The Morgan fingerprint density at radius 3 is 2.83 bits per heavy atom. The molecule has 0 heterocycles. The Morgan fingerprint density at radius 1 is 1.61 bits per heavy atom. The monoisotopic (exact) mass is 317 g/mol. The molecule has 18 heavy (non-hydrogen) atoms. The van der Waals surface area contributed by atoms with Gasteiger partial charge in [-0.25, -0.2) is 4.79 Å². The molecular weight excluding hydrogens is 306 g/mol. The van der Waals surface area contributed by atoms with Crippen LogP contribution in [-0.4, -0.2) is 28.7 Å². The average molecular weight is 318 g/mol. The number of aliphatic hydroxyl groups excluding tert-OH is 1. The molecule has 0 bridgehead atoms. The molecule has 1 rings (SSSR count). The minimum Gasteiger partial charge on any atom is -0.394 e. The molecule has 0 aromatic heterocycles. The predicted octanol–water partition coefficient (Wildman–Crippen LogP) is 1.86. The fourth-order valence-electron chi connectivity index (χ4n) is 1.17. The summed E-state index contributed by atoms with van der Waals surface area (Å²) in [6.45, 7) is 1.44. The van der Waals surface area contributed by atoms with Gasteiger partial charge in [0.15, 0.2) is 0 Å². The Balaban J connectivity index is 2.76. The molecule has 1 aromatic rings. The van der Waals surface area contributed by atoms with Crippen LogP contribution in [0.3, 0.4) is 0 Å². The van der Waals surface area contributed by atoms with Crippen LogP contribution in [0.25, 0.3) is 0 Å². The second-order valence-electron chi connectivity index (χ2n) is 3.61. The van der Waals surface area contributed by atoms with E-state index in [-0.39, 0.29) is 12.3 Å². The minimum atomic E-state index is -0.552. The number of hydrogen-bond acceptors (Lipinski definition) is 4. The van der Waals surface area contributed by atoms with E-state index in [1.165, 1.54) is 18.2 Å². The number of carbonyl (C=O) groups is 1. The lowest BCUT2D eigenvalue weighted by Gasteiger charge is -2.11. The number of nitrogens with one attached hydrogen (secondary N) is 2. The zero-order valence-corrected chi connectivity index (χ0v) is 11.1. The van der Waals surface area contributed by atoms with Gasteiger partial charge in [0.25, 0.3) is 5.69 Å². The maximum atomic E-state index is 11.4. The predicted molar refractivity (Wildman–Crippen MR) is 69.5 cm³/mol. The number of anilines is 1. The highest BCUT2D eigenvalue weighted by atomic mass is 79.9. The molecule has 0 saturated carbocycles. The Hall–Kier alpha value is -1.67. The first-order chi connectivity index (χ1) is 8.43. The molecule has 1 aromatic carbocycles. The number of amides is 2. The summed E-state index contributed by atoms with van der Waals surface area (Å²) >= 11 is 3.05. The maximum Gasteiger partial charge on any atom is 0.319 e. The molecule has 8 heteroatoms. The lowest BCUT2D eigenvalue weighted by molar-refractivity contribution is -0.385. The first kappa shape index (κ1) is 14.4. The summed E-state index contributed by atoms with van der Waals surface area (Å²) in [5.74, 6) is 0. The second-order valence-corrected chi connectivity index (χ2v) is 4.46. The SMILES string of the molecule is CC(CO)NC(=O)Nc1ccc(Br)c([N+](=O)[O-])c1. The number of halogens is 1. The van der Waals surface area contributed by atoms with E-state index >= 15 is 0 Å². The molecule has 98 valence electrons. The summed E-state index contributed by atoms with van der Waals surface area (Å²) in [4.78, 5) is 21.6. The smallest absolute Gasteiger partial charge is 0.319 e. The van der Waals surface area contributed by atoms with Gasteiger partial charge in [0.1, 0.15) is 0 Å². The van der Waals surface area contributed by atoms with Crippen molar-refractivity contribution in [2.45, 2.75) is 13.0 Å². The van der Waals surface area contributed by atoms with Crippen LogP contribution in [0.1, 0.15) is 6.92 Å². The third kappa shape index (κ3) is 3.97. The summed E-state index contributed by atoms with van der Waals surface area (Å²) in [7, 11) is 0. The third-order valence-corrected chi connectivity index (χ3v) is 2.72. The van der Waals surface area contributed by atoms with Gasteiger partial charge >= 0.3 is 6.03 Å². The molecule has 0 fully saturated rings. The second kappa shape index (κ2) is 6.31.